The van der Waals surface area contributed by atoms with E-state index in [9.17, 15) is 4.79 Å². The summed E-state index contributed by atoms with van der Waals surface area (Å²) in [6.45, 7) is 0.938. The molecule has 4 aliphatic rings. The average molecular weight is 268 g/mol. The summed E-state index contributed by atoms with van der Waals surface area (Å²) in [6.07, 6.45) is 6.43. The first-order chi connectivity index (χ1) is 8.65. The Morgan fingerprint density at radius 2 is 1.78 bits per heavy atom. The minimum atomic E-state index is 0.370. The first kappa shape index (κ1) is 11.6. The van der Waals surface area contributed by atoms with Crippen molar-refractivity contribution in [1.82, 2.24) is 4.90 Å². The van der Waals surface area contributed by atoms with Gasteiger partial charge in [-0.1, -0.05) is 0 Å². The lowest BCUT2D eigenvalue weighted by molar-refractivity contribution is -0.133. The number of hydrogen-bond donors (Lipinski definition) is 0. The van der Waals surface area contributed by atoms with Gasteiger partial charge in [-0.3, -0.25) is 4.79 Å². The van der Waals surface area contributed by atoms with Crippen LogP contribution in [0.2, 0.25) is 0 Å². The summed E-state index contributed by atoms with van der Waals surface area (Å²) in [4.78, 5) is 14.5. The van der Waals surface area contributed by atoms with Crippen LogP contribution < -0.4 is 0 Å². The lowest BCUT2D eigenvalue weighted by Gasteiger charge is -2.34. The molecule has 0 aromatic heterocycles. The maximum absolute atomic E-state index is 12.5. The molecule has 0 spiro atoms. The maximum atomic E-state index is 12.5. The van der Waals surface area contributed by atoms with Crippen molar-refractivity contribution >= 4 is 17.5 Å². The molecule has 4 fully saturated rings. The Labute approximate surface area is 114 Å². The fourth-order valence-electron chi connectivity index (χ4n) is 5.19. The van der Waals surface area contributed by atoms with E-state index in [4.69, 9.17) is 11.6 Å². The summed E-state index contributed by atoms with van der Waals surface area (Å²) in [5.74, 6) is 4.88. The quantitative estimate of drug-likeness (QED) is 0.720. The Balaban J connectivity index is 1.34. The largest absolute Gasteiger partial charge is 0.345 e. The number of rotatable bonds is 3. The molecule has 3 heteroatoms. The molecule has 4 atom stereocenters. The molecule has 4 unspecified atom stereocenters. The fraction of sp³-hybridized carbons (Fsp3) is 0.933. The third-order valence-electron chi connectivity index (χ3n) is 6.11. The molecule has 18 heavy (non-hydrogen) atoms. The second-order valence-electron chi connectivity index (χ2n) is 7.17. The van der Waals surface area contributed by atoms with E-state index in [0.717, 1.165) is 43.1 Å². The Morgan fingerprint density at radius 1 is 1.17 bits per heavy atom. The lowest BCUT2D eigenvalue weighted by Crippen LogP contribution is -2.39. The summed E-state index contributed by atoms with van der Waals surface area (Å²) in [5.41, 5.74) is 0. The van der Waals surface area contributed by atoms with E-state index in [-0.39, 0.29) is 0 Å². The summed E-state index contributed by atoms with van der Waals surface area (Å²) in [6, 6.07) is 0. The predicted molar refractivity (Wildman–Crippen MR) is 71.3 cm³/mol. The van der Waals surface area contributed by atoms with Crippen molar-refractivity contribution in [3.63, 3.8) is 0 Å². The van der Waals surface area contributed by atoms with Gasteiger partial charge in [0.15, 0.2) is 0 Å². The van der Waals surface area contributed by atoms with Gasteiger partial charge in [0.1, 0.15) is 0 Å². The van der Waals surface area contributed by atoms with Gasteiger partial charge in [-0.05, 0) is 61.7 Å². The minimum absolute atomic E-state index is 0.370. The van der Waals surface area contributed by atoms with Gasteiger partial charge in [0.2, 0.25) is 5.91 Å². The lowest BCUT2D eigenvalue weighted by atomic mass is 9.84. The van der Waals surface area contributed by atoms with Gasteiger partial charge < -0.3 is 4.90 Å². The molecule has 0 aliphatic heterocycles. The second-order valence-corrected chi connectivity index (χ2v) is 7.78. The van der Waals surface area contributed by atoms with Crippen LogP contribution in [-0.4, -0.2) is 29.8 Å². The standard InChI is InChI=1S/C15H22ClNO/c1-17(7-8-4-11(16)5-8)15(18)14-12-9-2-3-10(6-9)13(12)14/h8-14H,2-7H2,1H3. The molecular formula is C15H22ClNO. The van der Waals surface area contributed by atoms with Gasteiger partial charge in [-0.25, -0.2) is 0 Å². The number of fused-ring (bicyclic) bond motifs is 5. The Hall–Kier alpha value is -0.240. The van der Waals surface area contributed by atoms with Crippen LogP contribution in [-0.2, 0) is 4.79 Å². The zero-order valence-corrected chi connectivity index (χ0v) is 11.8. The van der Waals surface area contributed by atoms with Crippen LogP contribution in [0, 0.1) is 35.5 Å². The van der Waals surface area contributed by atoms with Crippen molar-refractivity contribution < 1.29 is 4.79 Å². The van der Waals surface area contributed by atoms with Crippen molar-refractivity contribution in [2.45, 2.75) is 37.5 Å². The zero-order chi connectivity index (χ0) is 12.4. The topological polar surface area (TPSA) is 20.3 Å². The van der Waals surface area contributed by atoms with Crippen molar-refractivity contribution in [3.8, 4) is 0 Å². The third-order valence-corrected chi connectivity index (χ3v) is 6.46. The molecule has 0 heterocycles. The van der Waals surface area contributed by atoms with Gasteiger partial charge in [0.25, 0.3) is 0 Å². The number of carbonyl (C=O) groups is 1. The Morgan fingerprint density at radius 3 is 2.33 bits per heavy atom. The summed E-state index contributed by atoms with van der Waals surface area (Å²) in [7, 11) is 2.00. The minimum Gasteiger partial charge on any atom is -0.345 e. The highest BCUT2D eigenvalue weighted by Crippen LogP contribution is 2.69. The molecule has 100 valence electrons. The van der Waals surface area contributed by atoms with E-state index in [2.05, 4.69) is 0 Å². The molecule has 4 aliphatic carbocycles. The van der Waals surface area contributed by atoms with Crippen LogP contribution >= 0.6 is 11.6 Å². The normalized spacial score (nSPS) is 51.8. The fourth-order valence-corrected chi connectivity index (χ4v) is 5.69. The molecule has 4 saturated carbocycles. The van der Waals surface area contributed by atoms with Gasteiger partial charge in [-0.15, -0.1) is 11.6 Å². The molecular weight excluding hydrogens is 246 g/mol. The molecule has 0 radical (unpaired) electrons. The first-order valence-electron chi connectivity index (χ1n) is 7.54. The van der Waals surface area contributed by atoms with E-state index in [1.807, 2.05) is 11.9 Å². The number of alkyl halides is 1. The summed E-state index contributed by atoms with van der Waals surface area (Å²) in [5, 5.41) is 0.370. The van der Waals surface area contributed by atoms with Crippen LogP contribution in [0.1, 0.15) is 32.1 Å². The number of nitrogens with zero attached hydrogens (tertiary/aromatic N) is 1. The zero-order valence-electron chi connectivity index (χ0n) is 11.0. The maximum Gasteiger partial charge on any atom is 0.226 e. The van der Waals surface area contributed by atoms with E-state index < -0.39 is 0 Å². The van der Waals surface area contributed by atoms with E-state index in [1.54, 1.807) is 0 Å². The van der Waals surface area contributed by atoms with Crippen LogP contribution in [0.3, 0.4) is 0 Å². The number of amides is 1. The third kappa shape index (κ3) is 1.57. The SMILES string of the molecule is CN(CC1CC(Cl)C1)C(=O)C1C2C3CCC(C3)C12. The average Bonchev–Trinajstić information content (AvgIpc) is 2.74. The Bertz CT molecular complexity index is 363. The number of carbonyl (C=O) groups excluding carboxylic acids is 1. The number of halogens is 1. The van der Waals surface area contributed by atoms with Crippen LogP contribution in [0.25, 0.3) is 0 Å². The van der Waals surface area contributed by atoms with Crippen LogP contribution in [0.5, 0.6) is 0 Å². The molecule has 1 amide bonds. The van der Waals surface area contributed by atoms with E-state index >= 15 is 0 Å². The molecule has 0 aromatic carbocycles. The second kappa shape index (κ2) is 3.88. The predicted octanol–water partition coefficient (Wildman–Crippen LogP) is 2.75. The van der Waals surface area contributed by atoms with Crippen LogP contribution in [0.15, 0.2) is 0 Å². The molecule has 0 saturated heterocycles. The molecule has 2 nitrogen and oxygen atoms in total. The molecule has 0 aromatic rings. The van der Waals surface area contributed by atoms with Crippen molar-refractivity contribution in [3.05, 3.63) is 0 Å². The van der Waals surface area contributed by atoms with Gasteiger partial charge in [-0.2, -0.15) is 0 Å². The van der Waals surface area contributed by atoms with Gasteiger partial charge >= 0.3 is 0 Å². The first-order valence-corrected chi connectivity index (χ1v) is 7.98. The van der Waals surface area contributed by atoms with Crippen molar-refractivity contribution in [2.75, 3.05) is 13.6 Å². The highest BCUT2D eigenvalue weighted by molar-refractivity contribution is 6.21. The Kier molecular flexibility index (Phi) is 2.49. The molecule has 4 rings (SSSR count). The van der Waals surface area contributed by atoms with Crippen molar-refractivity contribution in [1.29, 1.82) is 0 Å². The highest BCUT2D eigenvalue weighted by atomic mass is 35.5. The smallest absolute Gasteiger partial charge is 0.226 e. The number of hydrogen-bond acceptors (Lipinski definition) is 1. The highest BCUT2D eigenvalue weighted by Gasteiger charge is 2.67. The monoisotopic (exact) mass is 267 g/mol. The summed E-state index contributed by atoms with van der Waals surface area (Å²) < 4.78 is 0. The van der Waals surface area contributed by atoms with Gasteiger partial charge in [0.05, 0.1) is 0 Å². The van der Waals surface area contributed by atoms with Crippen LogP contribution in [0.4, 0.5) is 0 Å². The summed E-state index contributed by atoms with van der Waals surface area (Å²) >= 11 is 6.00. The van der Waals surface area contributed by atoms with E-state index in [0.29, 0.717) is 23.1 Å². The molecule has 2 bridgehead atoms. The van der Waals surface area contributed by atoms with E-state index in [1.165, 1.54) is 19.3 Å². The molecule has 0 N–H and O–H groups in total. The van der Waals surface area contributed by atoms with Crippen molar-refractivity contribution in [2.24, 2.45) is 35.5 Å². The van der Waals surface area contributed by atoms with Gasteiger partial charge in [0, 0.05) is 24.9 Å².